The van der Waals surface area contributed by atoms with Gasteiger partial charge in [0.1, 0.15) is 0 Å². The van der Waals surface area contributed by atoms with E-state index in [-0.39, 0.29) is 5.91 Å². The molecule has 0 atom stereocenters. The first-order valence-electron chi connectivity index (χ1n) is 5.05. The number of carbonyl (C=O) groups is 1. The molecular formula is C12H11BrN2OS. The topological polar surface area (TPSA) is 33.2 Å². The number of carbonyl (C=O) groups excluding carboxylic acids is 1. The Kier molecular flexibility index (Phi) is 3.91. The van der Waals surface area contributed by atoms with Gasteiger partial charge < -0.3 is 4.90 Å². The number of halogens is 1. The van der Waals surface area contributed by atoms with Crippen molar-refractivity contribution in [2.75, 3.05) is 7.05 Å². The molecule has 0 saturated heterocycles. The normalized spacial score (nSPS) is 10.2. The van der Waals surface area contributed by atoms with E-state index in [0.717, 1.165) is 14.9 Å². The van der Waals surface area contributed by atoms with Crippen LogP contribution in [-0.2, 0) is 6.54 Å². The predicted molar refractivity (Wildman–Crippen MR) is 72.1 cm³/mol. The minimum atomic E-state index is 0.0313. The van der Waals surface area contributed by atoms with Crippen LogP contribution in [0.3, 0.4) is 0 Å². The lowest BCUT2D eigenvalue weighted by atomic mass is 10.2. The van der Waals surface area contributed by atoms with E-state index in [1.54, 1.807) is 24.3 Å². The molecule has 17 heavy (non-hydrogen) atoms. The maximum atomic E-state index is 12.1. The van der Waals surface area contributed by atoms with Gasteiger partial charge in [0.2, 0.25) is 0 Å². The first-order chi connectivity index (χ1) is 8.16. The van der Waals surface area contributed by atoms with E-state index in [0.29, 0.717) is 6.54 Å². The molecule has 0 aromatic carbocycles. The Bertz CT molecular complexity index is 512. The maximum absolute atomic E-state index is 12.1. The number of amides is 1. The average molecular weight is 311 g/mol. The molecule has 2 rings (SSSR count). The van der Waals surface area contributed by atoms with E-state index in [4.69, 9.17) is 0 Å². The average Bonchev–Trinajstić information content (AvgIpc) is 2.76. The number of rotatable bonds is 3. The number of pyridine rings is 1. The molecule has 0 radical (unpaired) electrons. The van der Waals surface area contributed by atoms with E-state index in [1.165, 1.54) is 11.3 Å². The second-order valence-electron chi connectivity index (χ2n) is 3.66. The molecule has 0 fully saturated rings. The minimum absolute atomic E-state index is 0.0313. The van der Waals surface area contributed by atoms with Crippen LogP contribution in [0.1, 0.15) is 15.9 Å². The fourth-order valence-electron chi connectivity index (χ4n) is 1.48. The van der Waals surface area contributed by atoms with Gasteiger partial charge in [-0.3, -0.25) is 9.78 Å². The zero-order chi connectivity index (χ0) is 12.3. The summed E-state index contributed by atoms with van der Waals surface area (Å²) in [5.41, 5.74) is 1.79. The summed E-state index contributed by atoms with van der Waals surface area (Å²) in [4.78, 5) is 17.7. The van der Waals surface area contributed by atoms with Crippen molar-refractivity contribution in [2.24, 2.45) is 0 Å². The Balaban J connectivity index is 2.06. The van der Waals surface area contributed by atoms with Gasteiger partial charge in [-0.15, -0.1) is 11.3 Å². The summed E-state index contributed by atoms with van der Waals surface area (Å²) in [5.74, 6) is 0.0313. The van der Waals surface area contributed by atoms with Crippen LogP contribution in [0, 0.1) is 0 Å². The van der Waals surface area contributed by atoms with Crippen molar-refractivity contribution in [1.82, 2.24) is 9.88 Å². The quantitative estimate of drug-likeness (QED) is 0.872. The van der Waals surface area contributed by atoms with Gasteiger partial charge in [0, 0.05) is 31.4 Å². The number of nitrogens with zero attached hydrogens (tertiary/aromatic N) is 2. The molecule has 1 amide bonds. The molecule has 3 nitrogen and oxygen atoms in total. The molecule has 0 bridgehead atoms. The lowest BCUT2D eigenvalue weighted by Crippen LogP contribution is -2.25. The zero-order valence-corrected chi connectivity index (χ0v) is 11.7. The van der Waals surface area contributed by atoms with Crippen molar-refractivity contribution in [1.29, 1.82) is 0 Å². The van der Waals surface area contributed by atoms with Gasteiger partial charge in [0.15, 0.2) is 0 Å². The smallest absolute Gasteiger partial charge is 0.254 e. The number of aromatic nitrogens is 1. The Morgan fingerprint density at radius 2 is 2.18 bits per heavy atom. The van der Waals surface area contributed by atoms with Gasteiger partial charge in [-0.25, -0.2) is 0 Å². The summed E-state index contributed by atoms with van der Waals surface area (Å²) < 4.78 is 0.971. The molecule has 0 unspecified atom stereocenters. The third-order valence-electron chi connectivity index (χ3n) is 2.33. The first-order valence-corrected chi connectivity index (χ1v) is 6.72. The first kappa shape index (κ1) is 12.3. The molecule has 0 aliphatic rings. The van der Waals surface area contributed by atoms with Crippen LogP contribution in [0.5, 0.6) is 0 Å². The Morgan fingerprint density at radius 3 is 2.76 bits per heavy atom. The molecule has 5 heteroatoms. The van der Waals surface area contributed by atoms with Gasteiger partial charge in [0.25, 0.3) is 5.91 Å². The van der Waals surface area contributed by atoms with Gasteiger partial charge in [-0.2, -0.15) is 0 Å². The van der Waals surface area contributed by atoms with Crippen LogP contribution in [0.4, 0.5) is 0 Å². The van der Waals surface area contributed by atoms with Crippen molar-refractivity contribution >= 4 is 33.2 Å². The Morgan fingerprint density at radius 1 is 1.47 bits per heavy atom. The maximum Gasteiger partial charge on any atom is 0.254 e. The molecule has 0 N–H and O–H groups in total. The van der Waals surface area contributed by atoms with Crippen molar-refractivity contribution < 1.29 is 4.79 Å². The van der Waals surface area contributed by atoms with E-state index in [1.807, 2.05) is 23.6 Å². The van der Waals surface area contributed by atoms with Gasteiger partial charge >= 0.3 is 0 Å². The molecule has 0 saturated carbocycles. The van der Waals surface area contributed by atoms with E-state index in [9.17, 15) is 4.79 Å². The standard InChI is InChI=1S/C12H11BrN2OS/c1-15(7-9-2-4-14-5-3-9)12(16)10-6-11(13)17-8-10/h2-6,8H,7H2,1H3. The summed E-state index contributed by atoms with van der Waals surface area (Å²) in [5, 5.41) is 1.86. The molecule has 0 aliphatic carbocycles. The lowest BCUT2D eigenvalue weighted by Gasteiger charge is -2.16. The number of thiophene rings is 1. The third-order valence-corrected chi connectivity index (χ3v) is 3.83. The van der Waals surface area contributed by atoms with Gasteiger partial charge in [-0.1, -0.05) is 0 Å². The van der Waals surface area contributed by atoms with Crippen LogP contribution < -0.4 is 0 Å². The van der Waals surface area contributed by atoms with E-state index < -0.39 is 0 Å². The highest BCUT2D eigenvalue weighted by Gasteiger charge is 2.13. The van der Waals surface area contributed by atoms with E-state index in [2.05, 4.69) is 20.9 Å². The van der Waals surface area contributed by atoms with Crippen molar-refractivity contribution in [3.63, 3.8) is 0 Å². The van der Waals surface area contributed by atoms with Crippen LogP contribution in [0.15, 0.2) is 39.8 Å². The molecular weight excluding hydrogens is 300 g/mol. The lowest BCUT2D eigenvalue weighted by molar-refractivity contribution is 0.0785. The minimum Gasteiger partial charge on any atom is -0.337 e. The SMILES string of the molecule is CN(Cc1ccncc1)C(=O)c1csc(Br)c1. The summed E-state index contributed by atoms with van der Waals surface area (Å²) >= 11 is 4.87. The van der Waals surface area contributed by atoms with Crippen LogP contribution in [-0.4, -0.2) is 22.8 Å². The second-order valence-corrected chi connectivity index (χ2v) is 5.95. The molecule has 2 aromatic heterocycles. The molecule has 2 heterocycles. The largest absolute Gasteiger partial charge is 0.337 e. The summed E-state index contributed by atoms with van der Waals surface area (Å²) in [7, 11) is 1.80. The van der Waals surface area contributed by atoms with Crippen LogP contribution in [0.2, 0.25) is 0 Å². The highest BCUT2D eigenvalue weighted by atomic mass is 79.9. The monoisotopic (exact) mass is 310 g/mol. The van der Waals surface area contributed by atoms with E-state index >= 15 is 0 Å². The molecule has 2 aromatic rings. The summed E-state index contributed by atoms with van der Waals surface area (Å²) in [6.07, 6.45) is 3.46. The highest BCUT2D eigenvalue weighted by Crippen LogP contribution is 2.21. The predicted octanol–water partition coefficient (Wildman–Crippen LogP) is 3.18. The highest BCUT2D eigenvalue weighted by molar-refractivity contribution is 9.11. The summed E-state index contributed by atoms with van der Waals surface area (Å²) in [6, 6.07) is 5.66. The molecule has 88 valence electrons. The number of hydrogen-bond donors (Lipinski definition) is 0. The molecule has 0 aliphatic heterocycles. The third kappa shape index (κ3) is 3.14. The van der Waals surface area contributed by atoms with Crippen molar-refractivity contribution in [2.45, 2.75) is 6.54 Å². The van der Waals surface area contributed by atoms with Crippen molar-refractivity contribution in [3.05, 3.63) is 50.9 Å². The Hall–Kier alpha value is -1.20. The second kappa shape index (κ2) is 5.42. The fraction of sp³-hybridized carbons (Fsp3) is 0.167. The molecule has 0 spiro atoms. The van der Waals surface area contributed by atoms with Gasteiger partial charge in [-0.05, 0) is 39.7 Å². The summed E-state index contributed by atoms with van der Waals surface area (Å²) in [6.45, 7) is 0.592. The zero-order valence-electron chi connectivity index (χ0n) is 9.26. The van der Waals surface area contributed by atoms with Crippen LogP contribution >= 0.6 is 27.3 Å². The van der Waals surface area contributed by atoms with Crippen LogP contribution in [0.25, 0.3) is 0 Å². The van der Waals surface area contributed by atoms with Crippen molar-refractivity contribution in [3.8, 4) is 0 Å². The number of hydrogen-bond acceptors (Lipinski definition) is 3. The Labute approximate surface area is 112 Å². The fourth-order valence-corrected chi connectivity index (χ4v) is 2.61. The van der Waals surface area contributed by atoms with Gasteiger partial charge in [0.05, 0.1) is 9.35 Å².